The number of rotatable bonds is 3. The van der Waals surface area contributed by atoms with Gasteiger partial charge in [0.25, 0.3) is 0 Å². The van der Waals surface area contributed by atoms with Crippen LogP contribution in [0.5, 0.6) is 0 Å². The number of ether oxygens (including phenoxy) is 1. The summed E-state index contributed by atoms with van der Waals surface area (Å²) in [6.45, 7) is 0. The van der Waals surface area contributed by atoms with Crippen LogP contribution in [0.15, 0.2) is 12.5 Å². The van der Waals surface area contributed by atoms with Crippen LogP contribution in [-0.4, -0.2) is 29.1 Å². The Kier molecular flexibility index (Phi) is 8.52. The first-order valence-electron chi connectivity index (χ1n) is 3.54. The molecule has 1 atom stereocenters. The van der Waals surface area contributed by atoms with Gasteiger partial charge >= 0.3 is 5.97 Å². The van der Waals surface area contributed by atoms with Crippen molar-refractivity contribution in [3.05, 3.63) is 18.2 Å². The van der Waals surface area contributed by atoms with Crippen molar-refractivity contribution >= 4 is 30.8 Å². The zero-order chi connectivity index (χ0) is 8.97. The molecular formula is C7H13Cl2N3O2. The van der Waals surface area contributed by atoms with Gasteiger partial charge in [-0.25, -0.2) is 4.98 Å². The van der Waals surface area contributed by atoms with Gasteiger partial charge < -0.3 is 15.5 Å². The SMILES string of the molecule is COC(=O)[C@H](N)Cc1cnc[nH]1.Cl.Cl. The summed E-state index contributed by atoms with van der Waals surface area (Å²) in [5.74, 6) is -0.412. The Morgan fingerprint density at radius 1 is 1.71 bits per heavy atom. The number of nitrogens with zero attached hydrogens (tertiary/aromatic N) is 1. The third-order valence-corrected chi connectivity index (χ3v) is 1.50. The molecule has 1 heterocycles. The molecule has 0 spiro atoms. The summed E-state index contributed by atoms with van der Waals surface area (Å²) in [6, 6.07) is -0.615. The Morgan fingerprint density at radius 2 is 2.36 bits per heavy atom. The fourth-order valence-electron chi connectivity index (χ4n) is 0.868. The number of methoxy groups -OCH3 is 1. The molecule has 0 amide bonds. The van der Waals surface area contributed by atoms with Gasteiger partial charge in [0.05, 0.1) is 13.4 Å². The van der Waals surface area contributed by atoms with Crippen LogP contribution in [0.2, 0.25) is 0 Å². The van der Waals surface area contributed by atoms with Gasteiger partial charge in [-0.2, -0.15) is 0 Å². The van der Waals surface area contributed by atoms with Crippen molar-refractivity contribution in [2.75, 3.05) is 7.11 Å². The Bertz CT molecular complexity index is 253. The fourth-order valence-corrected chi connectivity index (χ4v) is 0.868. The van der Waals surface area contributed by atoms with Gasteiger partial charge in [-0.3, -0.25) is 4.79 Å². The number of imidazole rings is 1. The molecule has 0 radical (unpaired) electrons. The van der Waals surface area contributed by atoms with Crippen LogP contribution in [0.25, 0.3) is 0 Å². The number of hydrogen-bond donors (Lipinski definition) is 2. The van der Waals surface area contributed by atoms with Crippen molar-refractivity contribution < 1.29 is 9.53 Å². The molecule has 0 aliphatic heterocycles. The minimum atomic E-state index is -0.615. The number of esters is 1. The Hall–Kier alpha value is -0.780. The van der Waals surface area contributed by atoms with Crippen molar-refractivity contribution in [3.8, 4) is 0 Å². The number of H-pyrrole nitrogens is 1. The molecule has 82 valence electrons. The average Bonchev–Trinajstić information content (AvgIpc) is 2.55. The lowest BCUT2D eigenvalue weighted by molar-refractivity contribution is -0.142. The first kappa shape index (κ1) is 15.7. The fraction of sp³-hybridized carbons (Fsp3) is 0.429. The molecule has 1 rings (SSSR count). The quantitative estimate of drug-likeness (QED) is 0.747. The molecule has 3 N–H and O–H groups in total. The molecule has 1 aromatic heterocycles. The highest BCUT2D eigenvalue weighted by atomic mass is 35.5. The molecule has 0 fully saturated rings. The topological polar surface area (TPSA) is 81.0 Å². The van der Waals surface area contributed by atoms with E-state index in [4.69, 9.17) is 5.73 Å². The zero-order valence-corrected chi connectivity index (χ0v) is 9.23. The van der Waals surface area contributed by atoms with Crippen LogP contribution in [0.4, 0.5) is 0 Å². The number of nitrogens with one attached hydrogen (secondary N) is 1. The second-order valence-corrected chi connectivity index (χ2v) is 2.41. The lowest BCUT2D eigenvalue weighted by atomic mass is 10.2. The minimum absolute atomic E-state index is 0. The van der Waals surface area contributed by atoms with E-state index in [-0.39, 0.29) is 24.8 Å². The molecule has 1 aromatic rings. The van der Waals surface area contributed by atoms with E-state index in [0.717, 1.165) is 5.69 Å². The van der Waals surface area contributed by atoms with Crippen molar-refractivity contribution in [3.63, 3.8) is 0 Å². The third-order valence-electron chi connectivity index (χ3n) is 1.50. The Labute approximate surface area is 94.2 Å². The monoisotopic (exact) mass is 241 g/mol. The molecule has 0 saturated carbocycles. The van der Waals surface area contributed by atoms with E-state index in [1.165, 1.54) is 7.11 Å². The highest BCUT2D eigenvalue weighted by Crippen LogP contribution is 1.96. The van der Waals surface area contributed by atoms with E-state index in [2.05, 4.69) is 14.7 Å². The van der Waals surface area contributed by atoms with Gasteiger partial charge in [-0.1, -0.05) is 0 Å². The highest BCUT2D eigenvalue weighted by Gasteiger charge is 2.14. The molecule has 0 bridgehead atoms. The smallest absolute Gasteiger partial charge is 0.323 e. The van der Waals surface area contributed by atoms with Gasteiger partial charge in [0.2, 0.25) is 0 Å². The second kappa shape index (κ2) is 7.61. The number of halogens is 2. The largest absolute Gasteiger partial charge is 0.468 e. The normalized spacial score (nSPS) is 10.7. The zero-order valence-electron chi connectivity index (χ0n) is 7.60. The number of aromatic nitrogens is 2. The van der Waals surface area contributed by atoms with Gasteiger partial charge in [-0.05, 0) is 0 Å². The first-order valence-corrected chi connectivity index (χ1v) is 3.54. The number of carbonyl (C=O) groups excluding carboxylic acids is 1. The van der Waals surface area contributed by atoms with E-state index in [0.29, 0.717) is 6.42 Å². The molecule has 0 aromatic carbocycles. The lowest BCUT2D eigenvalue weighted by Crippen LogP contribution is -2.33. The van der Waals surface area contributed by atoms with E-state index in [9.17, 15) is 4.79 Å². The van der Waals surface area contributed by atoms with E-state index in [1.807, 2.05) is 0 Å². The second-order valence-electron chi connectivity index (χ2n) is 2.41. The molecule has 14 heavy (non-hydrogen) atoms. The van der Waals surface area contributed by atoms with Gasteiger partial charge in [-0.15, -0.1) is 24.8 Å². The van der Waals surface area contributed by atoms with Crippen LogP contribution < -0.4 is 5.73 Å². The van der Waals surface area contributed by atoms with E-state index >= 15 is 0 Å². The molecule has 0 aliphatic carbocycles. The standard InChI is InChI=1S/C7H11N3O2.2ClH/c1-12-7(11)6(8)2-5-3-9-4-10-5;;/h3-4,6H,2,8H2,1H3,(H,9,10);2*1H/t6-;;/m1../s1. The van der Waals surface area contributed by atoms with Crippen LogP contribution in [0.1, 0.15) is 5.69 Å². The Balaban J connectivity index is 0. The third kappa shape index (κ3) is 4.45. The summed E-state index contributed by atoms with van der Waals surface area (Å²) in [6.07, 6.45) is 3.59. The molecule has 0 saturated heterocycles. The first-order chi connectivity index (χ1) is 5.74. The number of hydrogen-bond acceptors (Lipinski definition) is 4. The predicted octanol–water partition coefficient (Wildman–Crippen LogP) is 0.296. The molecular weight excluding hydrogens is 229 g/mol. The summed E-state index contributed by atoms with van der Waals surface area (Å²) >= 11 is 0. The maximum Gasteiger partial charge on any atom is 0.323 e. The molecule has 5 nitrogen and oxygen atoms in total. The Morgan fingerprint density at radius 3 is 2.79 bits per heavy atom. The van der Waals surface area contributed by atoms with E-state index < -0.39 is 12.0 Å². The number of carbonyl (C=O) groups is 1. The lowest BCUT2D eigenvalue weighted by Gasteiger charge is -2.06. The summed E-state index contributed by atoms with van der Waals surface area (Å²) in [5, 5.41) is 0. The predicted molar refractivity (Wildman–Crippen MR) is 56.8 cm³/mol. The number of nitrogens with two attached hydrogens (primary N) is 1. The van der Waals surface area contributed by atoms with Crippen LogP contribution in [0.3, 0.4) is 0 Å². The van der Waals surface area contributed by atoms with Crippen LogP contribution >= 0.6 is 24.8 Å². The van der Waals surface area contributed by atoms with Crippen LogP contribution in [0, 0.1) is 0 Å². The average molecular weight is 242 g/mol. The minimum Gasteiger partial charge on any atom is -0.468 e. The van der Waals surface area contributed by atoms with E-state index in [1.54, 1.807) is 12.5 Å². The van der Waals surface area contributed by atoms with Crippen LogP contribution in [-0.2, 0) is 16.0 Å². The molecule has 0 unspecified atom stereocenters. The van der Waals surface area contributed by atoms with Gasteiger partial charge in [0.1, 0.15) is 6.04 Å². The summed E-state index contributed by atoms with van der Waals surface area (Å²) < 4.78 is 4.46. The summed E-state index contributed by atoms with van der Waals surface area (Å²) in [4.78, 5) is 17.5. The highest BCUT2D eigenvalue weighted by molar-refractivity contribution is 5.85. The summed E-state index contributed by atoms with van der Waals surface area (Å²) in [5.41, 5.74) is 6.32. The maximum absolute atomic E-state index is 10.9. The van der Waals surface area contributed by atoms with Crippen molar-refractivity contribution in [1.29, 1.82) is 0 Å². The van der Waals surface area contributed by atoms with Gasteiger partial charge in [0, 0.05) is 18.3 Å². The molecule has 7 heteroatoms. The van der Waals surface area contributed by atoms with Gasteiger partial charge in [0.15, 0.2) is 0 Å². The molecule has 0 aliphatic rings. The number of aromatic amines is 1. The summed E-state index contributed by atoms with van der Waals surface area (Å²) in [7, 11) is 1.31. The van der Waals surface area contributed by atoms with Crippen molar-refractivity contribution in [2.24, 2.45) is 5.73 Å². The maximum atomic E-state index is 10.9. The van der Waals surface area contributed by atoms with Crippen molar-refractivity contribution in [2.45, 2.75) is 12.5 Å². The van der Waals surface area contributed by atoms with Crippen molar-refractivity contribution in [1.82, 2.24) is 9.97 Å².